The Bertz CT molecular complexity index is 530. The number of aliphatic hydroxyl groups is 2. The fourth-order valence-electron chi connectivity index (χ4n) is 2.12. The first-order valence-electron chi connectivity index (χ1n) is 6.50. The Kier molecular flexibility index (Phi) is 4.06. The van der Waals surface area contributed by atoms with E-state index in [-0.39, 0.29) is 31.4 Å². The molecule has 0 atom stereocenters. The average Bonchev–Trinajstić information content (AvgIpc) is 2.83. The van der Waals surface area contributed by atoms with Gasteiger partial charge in [0.25, 0.3) is 5.91 Å². The second-order valence-corrected chi connectivity index (χ2v) is 5.00. The molecule has 0 saturated carbocycles. The van der Waals surface area contributed by atoms with Gasteiger partial charge in [-0.3, -0.25) is 9.59 Å². The van der Waals surface area contributed by atoms with E-state index in [0.717, 1.165) is 11.3 Å². The second-order valence-electron chi connectivity index (χ2n) is 5.00. The summed E-state index contributed by atoms with van der Waals surface area (Å²) in [7, 11) is 0. The smallest absolute Gasteiger partial charge is 0.251 e. The number of fused-ring (bicyclic) bond motifs is 1. The van der Waals surface area contributed by atoms with Crippen molar-refractivity contribution in [2.24, 2.45) is 0 Å². The Morgan fingerprint density at radius 2 is 2.10 bits per heavy atom. The van der Waals surface area contributed by atoms with E-state index in [1.54, 1.807) is 25.1 Å². The first-order chi connectivity index (χ1) is 9.53. The molecule has 0 radical (unpaired) electrons. The lowest BCUT2D eigenvalue weighted by Crippen LogP contribution is -2.53. The highest BCUT2D eigenvalue weighted by Crippen LogP contribution is 2.24. The number of rotatable bonds is 5. The van der Waals surface area contributed by atoms with E-state index >= 15 is 0 Å². The molecule has 1 aliphatic heterocycles. The lowest BCUT2D eigenvalue weighted by molar-refractivity contribution is -0.115. The minimum atomic E-state index is -1.02. The average molecular weight is 278 g/mol. The second kappa shape index (κ2) is 5.60. The summed E-state index contributed by atoms with van der Waals surface area (Å²) in [6.45, 7) is 1.10. The summed E-state index contributed by atoms with van der Waals surface area (Å²) in [5.74, 6) is -0.469. The van der Waals surface area contributed by atoms with Crippen molar-refractivity contribution < 1.29 is 19.8 Å². The predicted octanol–water partition coefficient (Wildman–Crippen LogP) is 0.0444. The first kappa shape index (κ1) is 14.5. The third kappa shape index (κ3) is 2.66. The molecule has 20 heavy (non-hydrogen) atoms. The molecule has 1 aliphatic rings. The molecule has 108 valence electrons. The molecule has 0 aromatic heterocycles. The van der Waals surface area contributed by atoms with Crippen LogP contribution in [0, 0.1) is 0 Å². The first-order valence-corrected chi connectivity index (χ1v) is 6.50. The van der Waals surface area contributed by atoms with Gasteiger partial charge in [-0.25, -0.2) is 0 Å². The van der Waals surface area contributed by atoms with Crippen LogP contribution < -0.4 is 10.6 Å². The quantitative estimate of drug-likeness (QED) is 0.611. The van der Waals surface area contributed by atoms with Crippen LogP contribution in [0.1, 0.15) is 29.3 Å². The van der Waals surface area contributed by atoms with Crippen molar-refractivity contribution in [1.29, 1.82) is 0 Å². The summed E-state index contributed by atoms with van der Waals surface area (Å²) in [4.78, 5) is 23.5. The largest absolute Gasteiger partial charge is 0.394 e. The van der Waals surface area contributed by atoms with Gasteiger partial charge >= 0.3 is 0 Å². The lowest BCUT2D eigenvalue weighted by atomic mass is 9.97. The Labute approximate surface area is 116 Å². The molecule has 6 nitrogen and oxygen atoms in total. The Morgan fingerprint density at radius 1 is 1.40 bits per heavy atom. The Morgan fingerprint density at radius 3 is 2.70 bits per heavy atom. The summed E-state index contributed by atoms with van der Waals surface area (Å²) < 4.78 is 0. The molecule has 0 bridgehead atoms. The van der Waals surface area contributed by atoms with Gasteiger partial charge < -0.3 is 20.8 Å². The van der Waals surface area contributed by atoms with Gasteiger partial charge in [-0.15, -0.1) is 0 Å². The zero-order valence-corrected chi connectivity index (χ0v) is 11.3. The highest BCUT2D eigenvalue weighted by Gasteiger charge is 2.29. The third-order valence-corrected chi connectivity index (χ3v) is 3.65. The van der Waals surface area contributed by atoms with Crippen LogP contribution in [-0.2, 0) is 11.2 Å². The van der Waals surface area contributed by atoms with Crippen molar-refractivity contribution in [3.8, 4) is 0 Å². The maximum Gasteiger partial charge on any atom is 0.251 e. The van der Waals surface area contributed by atoms with Crippen LogP contribution in [0.4, 0.5) is 5.69 Å². The van der Waals surface area contributed by atoms with Crippen LogP contribution in [0.25, 0.3) is 0 Å². The summed E-state index contributed by atoms with van der Waals surface area (Å²) >= 11 is 0. The molecular weight excluding hydrogens is 260 g/mol. The highest BCUT2D eigenvalue weighted by molar-refractivity contribution is 6.01. The van der Waals surface area contributed by atoms with Crippen molar-refractivity contribution >= 4 is 17.5 Å². The summed E-state index contributed by atoms with van der Waals surface area (Å²) in [5, 5.41) is 24.0. The fourth-order valence-corrected chi connectivity index (χ4v) is 2.12. The van der Waals surface area contributed by atoms with E-state index in [9.17, 15) is 19.8 Å². The number of carbonyl (C=O) groups is 2. The normalized spacial score (nSPS) is 13.8. The van der Waals surface area contributed by atoms with Crippen molar-refractivity contribution in [3.63, 3.8) is 0 Å². The van der Waals surface area contributed by atoms with Crippen molar-refractivity contribution in [3.05, 3.63) is 29.3 Å². The highest BCUT2D eigenvalue weighted by atomic mass is 16.3. The summed E-state index contributed by atoms with van der Waals surface area (Å²) in [5.41, 5.74) is 0.875. The van der Waals surface area contributed by atoms with Crippen molar-refractivity contribution in [2.45, 2.75) is 25.3 Å². The molecule has 0 saturated heterocycles. The van der Waals surface area contributed by atoms with E-state index < -0.39 is 5.54 Å². The molecule has 0 unspecified atom stereocenters. The predicted molar refractivity (Wildman–Crippen MR) is 73.4 cm³/mol. The zero-order valence-electron chi connectivity index (χ0n) is 11.3. The van der Waals surface area contributed by atoms with Crippen molar-refractivity contribution in [1.82, 2.24) is 5.32 Å². The van der Waals surface area contributed by atoms with E-state index in [0.29, 0.717) is 12.0 Å². The zero-order chi connectivity index (χ0) is 14.8. The van der Waals surface area contributed by atoms with E-state index in [1.165, 1.54) is 0 Å². The van der Waals surface area contributed by atoms with Crippen LogP contribution in [0.2, 0.25) is 0 Å². The van der Waals surface area contributed by atoms with Gasteiger partial charge in [0.2, 0.25) is 5.91 Å². The van der Waals surface area contributed by atoms with Gasteiger partial charge in [0, 0.05) is 11.3 Å². The summed E-state index contributed by atoms with van der Waals surface area (Å²) in [6, 6.07) is 4.94. The van der Waals surface area contributed by atoms with Crippen LogP contribution in [-0.4, -0.2) is 40.8 Å². The standard InChI is InChI=1S/C14H18N2O4/c1-2-14(7-17,8-18)16-13(20)9-3-4-11-10(5-9)6-12(19)15-11/h3-5,17-18H,2,6-8H2,1H3,(H,15,19)(H,16,20). The van der Waals surface area contributed by atoms with Crippen LogP contribution >= 0.6 is 0 Å². The molecule has 1 aromatic rings. The molecule has 2 amide bonds. The van der Waals surface area contributed by atoms with Gasteiger partial charge in [-0.05, 0) is 30.2 Å². The number of hydrogen-bond acceptors (Lipinski definition) is 4. The van der Waals surface area contributed by atoms with E-state index in [2.05, 4.69) is 10.6 Å². The van der Waals surface area contributed by atoms with E-state index in [4.69, 9.17) is 0 Å². The number of anilines is 1. The van der Waals surface area contributed by atoms with Crippen LogP contribution in [0.3, 0.4) is 0 Å². The van der Waals surface area contributed by atoms with Gasteiger partial charge in [0.15, 0.2) is 0 Å². The molecule has 0 fully saturated rings. The van der Waals surface area contributed by atoms with Gasteiger partial charge in [0.05, 0.1) is 25.2 Å². The van der Waals surface area contributed by atoms with Gasteiger partial charge in [-0.2, -0.15) is 0 Å². The number of nitrogens with one attached hydrogen (secondary N) is 2. The number of carbonyl (C=O) groups excluding carboxylic acids is 2. The minimum Gasteiger partial charge on any atom is -0.394 e. The number of aliphatic hydroxyl groups excluding tert-OH is 2. The summed E-state index contributed by atoms with van der Waals surface area (Å²) in [6.07, 6.45) is 0.673. The van der Waals surface area contributed by atoms with Gasteiger partial charge in [0.1, 0.15) is 0 Å². The third-order valence-electron chi connectivity index (χ3n) is 3.65. The number of hydrogen-bond donors (Lipinski definition) is 4. The molecule has 1 aromatic carbocycles. The minimum absolute atomic E-state index is 0.0915. The van der Waals surface area contributed by atoms with Crippen LogP contribution in [0.5, 0.6) is 0 Å². The molecule has 1 heterocycles. The van der Waals surface area contributed by atoms with Gasteiger partial charge in [-0.1, -0.05) is 6.92 Å². The van der Waals surface area contributed by atoms with Crippen LogP contribution in [0.15, 0.2) is 18.2 Å². The monoisotopic (exact) mass is 278 g/mol. The molecular formula is C14H18N2O4. The SMILES string of the molecule is CCC(CO)(CO)NC(=O)c1ccc2c(c1)CC(=O)N2. The molecule has 4 N–H and O–H groups in total. The number of benzene rings is 1. The maximum absolute atomic E-state index is 12.2. The molecule has 0 aliphatic carbocycles. The molecule has 2 rings (SSSR count). The number of amides is 2. The lowest BCUT2D eigenvalue weighted by Gasteiger charge is -2.29. The van der Waals surface area contributed by atoms with E-state index in [1.807, 2.05) is 0 Å². The molecule has 0 spiro atoms. The van der Waals surface area contributed by atoms with Crippen molar-refractivity contribution in [2.75, 3.05) is 18.5 Å². The maximum atomic E-state index is 12.2. The Balaban J connectivity index is 2.18. The fraction of sp³-hybridized carbons (Fsp3) is 0.429. The topological polar surface area (TPSA) is 98.7 Å². The Hall–Kier alpha value is -1.92. The molecule has 6 heteroatoms.